The Morgan fingerprint density at radius 1 is 1.35 bits per heavy atom. The lowest BCUT2D eigenvalue weighted by Crippen LogP contribution is -2.39. The van der Waals surface area contributed by atoms with E-state index < -0.39 is 18.6 Å². The first-order valence-corrected chi connectivity index (χ1v) is 6.05. The summed E-state index contributed by atoms with van der Waals surface area (Å²) in [7, 11) is 0. The number of halogens is 4. The minimum atomic E-state index is -4.40. The molecule has 114 valence electrons. The van der Waals surface area contributed by atoms with Gasteiger partial charge in [-0.25, -0.2) is 0 Å². The predicted molar refractivity (Wildman–Crippen MR) is 75.0 cm³/mol. The SMILES string of the molecule is CCCCN(CC(F)(F)F)C(=O)c1cccc(N)c1.Cl. The summed E-state index contributed by atoms with van der Waals surface area (Å²) < 4.78 is 37.4. The van der Waals surface area contributed by atoms with Gasteiger partial charge in [-0.15, -0.1) is 12.4 Å². The molecule has 3 nitrogen and oxygen atoms in total. The molecule has 0 bridgehead atoms. The van der Waals surface area contributed by atoms with Crippen LogP contribution in [0, 0.1) is 0 Å². The van der Waals surface area contributed by atoms with Gasteiger partial charge in [-0.05, 0) is 24.6 Å². The molecule has 0 unspecified atom stereocenters. The molecule has 1 amide bonds. The molecular formula is C13H18ClF3N2O. The largest absolute Gasteiger partial charge is 0.406 e. The van der Waals surface area contributed by atoms with Crippen molar-refractivity contribution in [2.75, 3.05) is 18.8 Å². The van der Waals surface area contributed by atoms with Gasteiger partial charge in [0.1, 0.15) is 6.54 Å². The minimum absolute atomic E-state index is 0. The number of carbonyl (C=O) groups excluding carboxylic acids is 1. The first-order valence-electron chi connectivity index (χ1n) is 6.05. The highest BCUT2D eigenvalue weighted by atomic mass is 35.5. The average Bonchev–Trinajstić information content (AvgIpc) is 2.32. The molecule has 0 aromatic heterocycles. The molecule has 0 aliphatic rings. The Morgan fingerprint density at radius 2 is 2.00 bits per heavy atom. The van der Waals surface area contributed by atoms with Crippen molar-refractivity contribution < 1.29 is 18.0 Å². The Morgan fingerprint density at radius 3 is 2.50 bits per heavy atom. The number of amides is 1. The molecule has 7 heteroatoms. The zero-order chi connectivity index (χ0) is 14.5. The Kier molecular flexibility index (Phi) is 7.42. The van der Waals surface area contributed by atoms with Crippen molar-refractivity contribution >= 4 is 24.0 Å². The first kappa shape index (κ1) is 18.6. The molecule has 1 aromatic carbocycles. The van der Waals surface area contributed by atoms with Crippen LogP contribution < -0.4 is 5.73 Å². The highest BCUT2D eigenvalue weighted by Gasteiger charge is 2.33. The van der Waals surface area contributed by atoms with Crippen LogP contribution in [0.15, 0.2) is 24.3 Å². The lowest BCUT2D eigenvalue weighted by molar-refractivity contribution is -0.140. The summed E-state index contributed by atoms with van der Waals surface area (Å²) in [5.41, 5.74) is 6.07. The van der Waals surface area contributed by atoms with Gasteiger partial charge in [0.2, 0.25) is 0 Å². The van der Waals surface area contributed by atoms with E-state index >= 15 is 0 Å². The second-order valence-electron chi connectivity index (χ2n) is 4.32. The number of rotatable bonds is 5. The molecule has 0 spiro atoms. The second-order valence-corrected chi connectivity index (χ2v) is 4.32. The summed E-state index contributed by atoms with van der Waals surface area (Å²) in [5, 5.41) is 0. The summed E-state index contributed by atoms with van der Waals surface area (Å²) in [6, 6.07) is 5.98. The number of nitrogens with zero attached hydrogens (tertiary/aromatic N) is 1. The van der Waals surface area contributed by atoms with Crippen molar-refractivity contribution in [3.63, 3.8) is 0 Å². The third-order valence-corrected chi connectivity index (χ3v) is 2.57. The van der Waals surface area contributed by atoms with Crippen LogP contribution in [0.5, 0.6) is 0 Å². The molecular weight excluding hydrogens is 293 g/mol. The number of unbranched alkanes of at least 4 members (excludes halogenated alkanes) is 1. The Bertz CT molecular complexity index is 438. The maximum absolute atomic E-state index is 12.5. The van der Waals surface area contributed by atoms with Gasteiger partial charge >= 0.3 is 6.18 Å². The third kappa shape index (κ3) is 6.14. The smallest absolute Gasteiger partial charge is 0.399 e. The van der Waals surface area contributed by atoms with Crippen LogP contribution in [0.2, 0.25) is 0 Å². The molecule has 2 N–H and O–H groups in total. The number of carbonyl (C=O) groups is 1. The molecule has 0 radical (unpaired) electrons. The van der Waals surface area contributed by atoms with Crippen molar-refractivity contribution in [1.29, 1.82) is 0 Å². The monoisotopic (exact) mass is 310 g/mol. The molecule has 0 aliphatic carbocycles. The number of benzene rings is 1. The van der Waals surface area contributed by atoms with Crippen LogP contribution in [-0.2, 0) is 0 Å². The van der Waals surface area contributed by atoms with Crippen LogP contribution in [0.4, 0.5) is 18.9 Å². The number of alkyl halides is 3. The Balaban J connectivity index is 0.00000361. The van der Waals surface area contributed by atoms with Gasteiger partial charge in [0, 0.05) is 17.8 Å². The maximum Gasteiger partial charge on any atom is 0.406 e. The molecule has 0 saturated carbocycles. The van der Waals surface area contributed by atoms with E-state index in [4.69, 9.17) is 5.73 Å². The number of hydrogen-bond donors (Lipinski definition) is 1. The van der Waals surface area contributed by atoms with Crippen molar-refractivity contribution in [3.05, 3.63) is 29.8 Å². The van der Waals surface area contributed by atoms with E-state index in [2.05, 4.69) is 0 Å². The van der Waals surface area contributed by atoms with Gasteiger partial charge in [-0.1, -0.05) is 19.4 Å². The van der Waals surface area contributed by atoms with Gasteiger partial charge in [-0.2, -0.15) is 13.2 Å². The fourth-order valence-corrected chi connectivity index (χ4v) is 1.67. The van der Waals surface area contributed by atoms with E-state index in [1.54, 1.807) is 12.1 Å². The number of hydrogen-bond acceptors (Lipinski definition) is 2. The zero-order valence-corrected chi connectivity index (χ0v) is 11.9. The molecule has 20 heavy (non-hydrogen) atoms. The van der Waals surface area contributed by atoms with Crippen molar-refractivity contribution in [1.82, 2.24) is 4.90 Å². The van der Waals surface area contributed by atoms with Crippen LogP contribution >= 0.6 is 12.4 Å². The summed E-state index contributed by atoms with van der Waals surface area (Å²) in [6.07, 6.45) is -3.15. The average molecular weight is 311 g/mol. The Hall–Kier alpha value is -1.43. The third-order valence-electron chi connectivity index (χ3n) is 2.57. The number of nitrogen functional groups attached to an aromatic ring is 1. The maximum atomic E-state index is 12.5. The van der Waals surface area contributed by atoms with Gasteiger partial charge in [0.15, 0.2) is 0 Å². The fraction of sp³-hybridized carbons (Fsp3) is 0.462. The van der Waals surface area contributed by atoms with Gasteiger partial charge < -0.3 is 10.6 Å². The second kappa shape index (κ2) is 7.99. The summed E-state index contributed by atoms with van der Waals surface area (Å²) in [4.78, 5) is 12.9. The molecule has 0 fully saturated rings. The lowest BCUT2D eigenvalue weighted by atomic mass is 10.1. The topological polar surface area (TPSA) is 46.3 Å². The van der Waals surface area contributed by atoms with Crippen molar-refractivity contribution in [2.45, 2.75) is 25.9 Å². The molecule has 0 heterocycles. The number of anilines is 1. The van der Waals surface area contributed by atoms with E-state index in [9.17, 15) is 18.0 Å². The molecule has 1 aromatic rings. The standard InChI is InChI=1S/C13H17F3N2O.ClH/c1-2-3-7-18(9-13(14,15)16)12(19)10-5-4-6-11(17)8-10;/h4-6,8H,2-3,7,9,17H2,1H3;1H. The molecule has 0 atom stereocenters. The normalized spacial score (nSPS) is 10.8. The highest BCUT2D eigenvalue weighted by molar-refractivity contribution is 5.95. The van der Waals surface area contributed by atoms with E-state index in [0.717, 1.165) is 11.3 Å². The van der Waals surface area contributed by atoms with Gasteiger partial charge in [-0.3, -0.25) is 4.79 Å². The minimum Gasteiger partial charge on any atom is -0.399 e. The lowest BCUT2D eigenvalue weighted by Gasteiger charge is -2.24. The fourth-order valence-electron chi connectivity index (χ4n) is 1.67. The summed E-state index contributed by atoms with van der Waals surface area (Å²) >= 11 is 0. The van der Waals surface area contributed by atoms with Gasteiger partial charge in [0.25, 0.3) is 5.91 Å². The van der Waals surface area contributed by atoms with Crippen molar-refractivity contribution in [2.24, 2.45) is 0 Å². The molecule has 0 aliphatic heterocycles. The summed E-state index contributed by atoms with van der Waals surface area (Å²) in [5.74, 6) is -0.641. The van der Waals surface area contributed by atoms with E-state index in [1.165, 1.54) is 12.1 Å². The van der Waals surface area contributed by atoms with Crippen LogP contribution in [0.1, 0.15) is 30.1 Å². The zero-order valence-electron chi connectivity index (χ0n) is 11.1. The quantitative estimate of drug-likeness (QED) is 0.846. The van der Waals surface area contributed by atoms with E-state index in [0.29, 0.717) is 12.1 Å². The first-order chi connectivity index (χ1) is 8.83. The Labute approximate surface area is 122 Å². The predicted octanol–water partition coefficient (Wildman–Crippen LogP) is 3.50. The van der Waals surface area contributed by atoms with Crippen LogP contribution in [0.25, 0.3) is 0 Å². The van der Waals surface area contributed by atoms with Gasteiger partial charge in [0.05, 0.1) is 0 Å². The van der Waals surface area contributed by atoms with E-state index in [1.807, 2.05) is 6.92 Å². The molecule has 0 saturated heterocycles. The van der Waals surface area contributed by atoms with Crippen LogP contribution in [0.3, 0.4) is 0 Å². The summed E-state index contributed by atoms with van der Waals surface area (Å²) in [6.45, 7) is 0.709. The van der Waals surface area contributed by atoms with E-state index in [-0.39, 0.29) is 24.5 Å². The molecule has 1 rings (SSSR count). The number of nitrogens with two attached hydrogens (primary N) is 1. The highest BCUT2D eigenvalue weighted by Crippen LogP contribution is 2.19. The van der Waals surface area contributed by atoms with Crippen molar-refractivity contribution in [3.8, 4) is 0 Å². The van der Waals surface area contributed by atoms with Crippen LogP contribution in [-0.4, -0.2) is 30.1 Å².